The summed E-state index contributed by atoms with van der Waals surface area (Å²) in [6.07, 6.45) is 0.175. The lowest BCUT2D eigenvalue weighted by Gasteiger charge is -2.20. The van der Waals surface area contributed by atoms with Crippen LogP contribution in [-0.4, -0.2) is 23.0 Å². The van der Waals surface area contributed by atoms with E-state index in [0.29, 0.717) is 0 Å². The lowest BCUT2D eigenvalue weighted by atomic mass is 9.99. The minimum atomic E-state index is -1.19. The van der Waals surface area contributed by atoms with Crippen molar-refractivity contribution >= 4 is 11.6 Å². The summed E-state index contributed by atoms with van der Waals surface area (Å²) in [5.74, 6) is -0.503. The Morgan fingerprint density at radius 1 is 1.50 bits per heavy atom. The molecule has 7 heteroatoms. The first-order valence-corrected chi connectivity index (χ1v) is 5.29. The van der Waals surface area contributed by atoms with E-state index in [-0.39, 0.29) is 24.5 Å². The van der Waals surface area contributed by atoms with Crippen molar-refractivity contribution in [3.63, 3.8) is 0 Å². The van der Waals surface area contributed by atoms with Crippen molar-refractivity contribution in [3.05, 3.63) is 34.4 Å². The predicted octanol–water partition coefficient (Wildman–Crippen LogP) is 0.566. The highest BCUT2D eigenvalue weighted by molar-refractivity contribution is 5.83. The molecule has 0 radical (unpaired) electrons. The van der Waals surface area contributed by atoms with Crippen LogP contribution in [0.1, 0.15) is 13.3 Å². The van der Waals surface area contributed by atoms with Crippen LogP contribution in [0.3, 0.4) is 0 Å². The second kappa shape index (κ2) is 5.46. The van der Waals surface area contributed by atoms with Crippen LogP contribution in [0.25, 0.3) is 0 Å². The number of nitro benzene ring substituents is 1. The average molecular weight is 253 g/mol. The summed E-state index contributed by atoms with van der Waals surface area (Å²) in [5.41, 5.74) is 9.41. The Morgan fingerprint density at radius 3 is 2.67 bits per heavy atom. The summed E-state index contributed by atoms with van der Waals surface area (Å²) >= 11 is 0. The van der Waals surface area contributed by atoms with Gasteiger partial charge in [-0.25, -0.2) is 0 Å². The van der Waals surface area contributed by atoms with Gasteiger partial charge < -0.3 is 16.2 Å². The number of benzene rings is 1. The van der Waals surface area contributed by atoms with Crippen LogP contribution in [0, 0.1) is 10.1 Å². The number of ether oxygens (including phenoxy) is 1. The number of primary amides is 1. The molecule has 1 rings (SSSR count). The first-order chi connectivity index (χ1) is 8.34. The molecule has 0 saturated heterocycles. The van der Waals surface area contributed by atoms with Crippen LogP contribution in [-0.2, 0) is 4.79 Å². The maximum Gasteiger partial charge on any atom is 0.310 e. The topological polar surface area (TPSA) is 121 Å². The number of nitrogens with two attached hydrogens (primary N) is 2. The van der Waals surface area contributed by atoms with Gasteiger partial charge in [-0.2, -0.15) is 0 Å². The summed E-state index contributed by atoms with van der Waals surface area (Å²) in [4.78, 5) is 21.2. The van der Waals surface area contributed by atoms with Crippen molar-refractivity contribution in [1.29, 1.82) is 0 Å². The van der Waals surface area contributed by atoms with E-state index in [1.54, 1.807) is 12.1 Å². The van der Waals surface area contributed by atoms with Crippen LogP contribution >= 0.6 is 0 Å². The Morgan fingerprint density at radius 2 is 2.11 bits per heavy atom. The number of nitro groups is 1. The smallest absolute Gasteiger partial charge is 0.310 e. The highest BCUT2D eigenvalue weighted by Crippen LogP contribution is 2.26. The van der Waals surface area contributed by atoms with E-state index in [9.17, 15) is 14.9 Å². The summed E-state index contributed by atoms with van der Waals surface area (Å²) in [6, 6.07) is 5.99. The van der Waals surface area contributed by atoms with E-state index >= 15 is 0 Å². The first-order valence-electron chi connectivity index (χ1n) is 5.29. The van der Waals surface area contributed by atoms with E-state index < -0.39 is 16.4 Å². The van der Waals surface area contributed by atoms with Gasteiger partial charge in [0.2, 0.25) is 5.91 Å². The molecule has 0 bridgehead atoms. The molecule has 1 aromatic rings. The van der Waals surface area contributed by atoms with Crippen molar-refractivity contribution in [1.82, 2.24) is 0 Å². The first kappa shape index (κ1) is 13.9. The maximum absolute atomic E-state index is 11.0. The molecule has 1 atom stereocenters. The third kappa shape index (κ3) is 3.42. The van der Waals surface area contributed by atoms with Gasteiger partial charge in [0.25, 0.3) is 0 Å². The monoisotopic (exact) mass is 253 g/mol. The van der Waals surface area contributed by atoms with Crippen LogP contribution in [0.4, 0.5) is 5.69 Å². The van der Waals surface area contributed by atoms with Gasteiger partial charge in [0, 0.05) is 12.5 Å². The van der Waals surface area contributed by atoms with Crippen molar-refractivity contribution in [3.8, 4) is 5.75 Å². The molecular formula is C11H15N3O4. The minimum Gasteiger partial charge on any atom is -0.487 e. The number of carbonyl (C=O) groups is 1. The number of nitrogens with zero attached hydrogens (tertiary/aromatic N) is 1. The van der Waals surface area contributed by atoms with Gasteiger partial charge in [-0.3, -0.25) is 14.9 Å². The molecule has 0 aromatic heterocycles. The van der Waals surface area contributed by atoms with E-state index in [2.05, 4.69) is 0 Å². The highest BCUT2D eigenvalue weighted by atomic mass is 16.6. The second-order valence-electron chi connectivity index (χ2n) is 4.11. The molecule has 0 spiro atoms. The molecule has 18 heavy (non-hydrogen) atoms. The van der Waals surface area contributed by atoms with Crippen LogP contribution < -0.4 is 16.2 Å². The van der Waals surface area contributed by atoms with Gasteiger partial charge in [-0.05, 0) is 13.0 Å². The molecule has 0 aliphatic rings. The lowest BCUT2D eigenvalue weighted by molar-refractivity contribution is -0.385. The molecule has 0 fully saturated rings. The average Bonchev–Trinajstić information content (AvgIpc) is 2.29. The highest BCUT2D eigenvalue weighted by Gasteiger charge is 2.25. The molecule has 98 valence electrons. The molecule has 4 N–H and O–H groups in total. The van der Waals surface area contributed by atoms with Crippen molar-refractivity contribution in [2.45, 2.75) is 18.9 Å². The number of carbonyl (C=O) groups excluding carboxylic acids is 1. The standard InChI is InChI=1S/C11H15N3O4/c1-11(13,10(12)15)6-7-18-9-5-3-2-4-8(9)14(16)17/h2-5H,6-7,13H2,1H3,(H2,12,15). The Hall–Kier alpha value is -2.15. The molecule has 1 amide bonds. The van der Waals surface area contributed by atoms with Gasteiger partial charge in [0.1, 0.15) is 0 Å². The Bertz CT molecular complexity index is 459. The Kier molecular flexibility index (Phi) is 4.22. The quantitative estimate of drug-likeness (QED) is 0.566. The molecule has 1 unspecified atom stereocenters. The van der Waals surface area contributed by atoms with Gasteiger partial charge in [0.15, 0.2) is 5.75 Å². The number of para-hydroxylation sites is 2. The fourth-order valence-electron chi connectivity index (χ4n) is 1.23. The normalized spacial score (nSPS) is 13.7. The van der Waals surface area contributed by atoms with E-state index in [4.69, 9.17) is 16.2 Å². The minimum absolute atomic E-state index is 0.0702. The summed E-state index contributed by atoms with van der Waals surface area (Å²) in [7, 11) is 0. The third-order valence-electron chi connectivity index (χ3n) is 2.50. The number of amides is 1. The fourth-order valence-corrected chi connectivity index (χ4v) is 1.23. The zero-order valence-electron chi connectivity index (χ0n) is 9.96. The van der Waals surface area contributed by atoms with Gasteiger partial charge in [-0.1, -0.05) is 12.1 Å². The van der Waals surface area contributed by atoms with E-state index in [1.165, 1.54) is 19.1 Å². The molecule has 7 nitrogen and oxygen atoms in total. The Balaban J connectivity index is 2.65. The molecular weight excluding hydrogens is 238 g/mol. The summed E-state index contributed by atoms with van der Waals surface area (Å²) in [5, 5.41) is 10.7. The van der Waals surface area contributed by atoms with Gasteiger partial charge in [0.05, 0.1) is 17.1 Å². The molecule has 0 aliphatic carbocycles. The molecule has 0 saturated carbocycles. The zero-order chi connectivity index (χ0) is 13.8. The SMILES string of the molecule is CC(N)(CCOc1ccccc1[N+](=O)[O-])C(N)=O. The molecule has 1 aromatic carbocycles. The van der Waals surface area contributed by atoms with Crippen molar-refractivity contribution in [2.24, 2.45) is 11.5 Å². The van der Waals surface area contributed by atoms with Gasteiger partial charge >= 0.3 is 5.69 Å². The zero-order valence-corrected chi connectivity index (χ0v) is 9.96. The number of hydrogen-bond donors (Lipinski definition) is 2. The number of hydrogen-bond acceptors (Lipinski definition) is 5. The van der Waals surface area contributed by atoms with Crippen molar-refractivity contribution in [2.75, 3.05) is 6.61 Å². The van der Waals surface area contributed by atoms with E-state index in [1.807, 2.05) is 0 Å². The maximum atomic E-state index is 11.0. The Labute approximate surface area is 104 Å². The van der Waals surface area contributed by atoms with Crippen LogP contribution in [0.2, 0.25) is 0 Å². The van der Waals surface area contributed by atoms with Crippen LogP contribution in [0.15, 0.2) is 24.3 Å². The lowest BCUT2D eigenvalue weighted by Crippen LogP contribution is -2.50. The largest absolute Gasteiger partial charge is 0.487 e. The molecule has 0 heterocycles. The second-order valence-corrected chi connectivity index (χ2v) is 4.11. The number of rotatable bonds is 6. The van der Waals surface area contributed by atoms with Crippen LogP contribution in [0.5, 0.6) is 5.75 Å². The summed E-state index contributed by atoms with van der Waals surface area (Å²) in [6.45, 7) is 1.55. The van der Waals surface area contributed by atoms with Crippen molar-refractivity contribution < 1.29 is 14.5 Å². The summed E-state index contributed by atoms with van der Waals surface area (Å²) < 4.78 is 5.26. The molecule has 0 aliphatic heterocycles. The fraction of sp³-hybridized carbons (Fsp3) is 0.364. The predicted molar refractivity (Wildman–Crippen MR) is 65.0 cm³/mol. The van der Waals surface area contributed by atoms with Gasteiger partial charge in [-0.15, -0.1) is 0 Å². The third-order valence-corrected chi connectivity index (χ3v) is 2.50. The van der Waals surface area contributed by atoms with E-state index in [0.717, 1.165) is 0 Å².